The molecule has 0 saturated carbocycles. The Morgan fingerprint density at radius 2 is 1.83 bits per heavy atom. The van der Waals surface area contributed by atoms with E-state index in [9.17, 15) is 34.8 Å². The fourth-order valence-corrected chi connectivity index (χ4v) is 5.82. The molecule has 1 saturated heterocycles. The number of aliphatic hydroxyl groups is 2. The minimum Gasteiger partial charge on any atom is -0.507 e. The standard InChI is InChI=1S/C29H33NO10.ClH/c1-4-8-38-17-7-5-6-14-20(17)27(35)23-22(25(14)33)26(34)15-10-29(37,13(3)31)11-18(21(15)28(23)36)40-19-9-16(30)24(32)12(2)39-19;/h5-7,12,16,18-19,24,32,34,36-37H,4,8-11,30H2,1-3H3;1H/t12?,16?,18-,19?,24?,29-;/m0./s1. The maximum atomic E-state index is 13.8. The molecular formula is C29H34ClNO10. The highest BCUT2D eigenvalue weighted by Gasteiger charge is 2.49. The van der Waals surface area contributed by atoms with Crippen LogP contribution in [-0.2, 0) is 20.7 Å². The molecule has 222 valence electrons. The van der Waals surface area contributed by atoms with Gasteiger partial charge in [0.2, 0.25) is 5.78 Å². The molecule has 5 rings (SSSR count). The van der Waals surface area contributed by atoms with Crippen molar-refractivity contribution in [3.63, 3.8) is 0 Å². The summed E-state index contributed by atoms with van der Waals surface area (Å²) in [4.78, 5) is 40.0. The first kappa shape index (κ1) is 30.9. The lowest BCUT2D eigenvalue weighted by Gasteiger charge is -2.42. The lowest BCUT2D eigenvalue weighted by molar-refractivity contribution is -0.247. The lowest BCUT2D eigenvalue weighted by Crippen LogP contribution is -2.52. The number of benzene rings is 2. The second-order valence-corrected chi connectivity index (χ2v) is 10.8. The first-order valence-electron chi connectivity index (χ1n) is 13.3. The molecule has 0 spiro atoms. The fourth-order valence-electron chi connectivity index (χ4n) is 5.82. The van der Waals surface area contributed by atoms with Gasteiger partial charge in [-0.05, 0) is 26.3 Å². The third-order valence-electron chi connectivity index (χ3n) is 8.04. The normalized spacial score (nSPS) is 28.7. The van der Waals surface area contributed by atoms with E-state index < -0.39 is 82.6 Å². The maximum absolute atomic E-state index is 13.8. The van der Waals surface area contributed by atoms with Gasteiger partial charge in [-0.3, -0.25) is 14.4 Å². The molecule has 1 heterocycles. The highest BCUT2D eigenvalue weighted by Crippen LogP contribution is 2.52. The van der Waals surface area contributed by atoms with Crippen molar-refractivity contribution in [2.24, 2.45) is 5.73 Å². The van der Waals surface area contributed by atoms with Gasteiger partial charge >= 0.3 is 0 Å². The number of nitrogens with two attached hydrogens (primary N) is 1. The molecule has 6 N–H and O–H groups in total. The number of hydrogen-bond donors (Lipinski definition) is 5. The summed E-state index contributed by atoms with van der Waals surface area (Å²) < 4.78 is 17.6. The number of aliphatic hydroxyl groups excluding tert-OH is 1. The van der Waals surface area contributed by atoms with Gasteiger partial charge in [-0.15, -0.1) is 12.4 Å². The zero-order chi connectivity index (χ0) is 29.1. The molecule has 12 heteroatoms. The van der Waals surface area contributed by atoms with Gasteiger partial charge in [0, 0.05) is 42.0 Å². The third kappa shape index (κ3) is 5.00. The Bertz CT molecular complexity index is 1400. The highest BCUT2D eigenvalue weighted by molar-refractivity contribution is 6.31. The molecular weight excluding hydrogens is 558 g/mol. The number of hydrogen-bond acceptors (Lipinski definition) is 11. The molecule has 1 fully saturated rings. The summed E-state index contributed by atoms with van der Waals surface area (Å²) in [6, 6.07) is 3.86. The molecule has 1 aliphatic heterocycles. The molecule has 2 aromatic carbocycles. The van der Waals surface area contributed by atoms with Crippen LogP contribution >= 0.6 is 12.4 Å². The number of phenolic OH excluding ortho intramolecular Hbond substituents is 2. The van der Waals surface area contributed by atoms with E-state index in [1.807, 2.05) is 6.92 Å². The van der Waals surface area contributed by atoms with Crippen LogP contribution < -0.4 is 10.5 Å². The Morgan fingerprint density at radius 1 is 1.15 bits per heavy atom. The molecule has 2 aliphatic carbocycles. The van der Waals surface area contributed by atoms with Gasteiger partial charge in [-0.25, -0.2) is 0 Å². The van der Waals surface area contributed by atoms with Crippen molar-refractivity contribution >= 4 is 29.8 Å². The van der Waals surface area contributed by atoms with Gasteiger partial charge < -0.3 is 40.4 Å². The van der Waals surface area contributed by atoms with Gasteiger partial charge in [0.15, 0.2) is 17.9 Å². The highest BCUT2D eigenvalue weighted by atomic mass is 35.5. The van der Waals surface area contributed by atoms with Crippen LogP contribution in [0.25, 0.3) is 0 Å². The topological polar surface area (TPSA) is 186 Å². The molecule has 6 atom stereocenters. The smallest absolute Gasteiger partial charge is 0.202 e. The second kappa shape index (κ2) is 11.3. The summed E-state index contributed by atoms with van der Waals surface area (Å²) in [6.45, 7) is 4.98. The summed E-state index contributed by atoms with van der Waals surface area (Å²) in [5.41, 5.74) is 3.07. The molecule has 11 nitrogen and oxygen atoms in total. The van der Waals surface area contributed by atoms with Gasteiger partial charge in [-0.2, -0.15) is 0 Å². The average Bonchev–Trinajstić information content (AvgIpc) is 2.90. The number of halogens is 1. The van der Waals surface area contributed by atoms with E-state index in [-0.39, 0.29) is 53.3 Å². The van der Waals surface area contributed by atoms with Gasteiger partial charge in [0.05, 0.1) is 41.6 Å². The minimum absolute atomic E-state index is 0. The zero-order valence-electron chi connectivity index (χ0n) is 22.9. The first-order chi connectivity index (χ1) is 18.9. The zero-order valence-corrected chi connectivity index (χ0v) is 23.7. The van der Waals surface area contributed by atoms with Crippen LogP contribution in [0, 0.1) is 0 Å². The number of rotatable bonds is 6. The number of carbonyl (C=O) groups is 3. The number of fused-ring (bicyclic) bond motifs is 3. The molecule has 3 aliphatic rings. The minimum atomic E-state index is -2.00. The maximum Gasteiger partial charge on any atom is 0.202 e. The number of aromatic hydroxyl groups is 2. The van der Waals surface area contributed by atoms with Crippen molar-refractivity contribution in [2.75, 3.05) is 6.61 Å². The van der Waals surface area contributed by atoms with Crippen molar-refractivity contribution in [2.45, 2.75) is 82.7 Å². The van der Waals surface area contributed by atoms with Crippen LogP contribution in [0.5, 0.6) is 17.2 Å². The van der Waals surface area contributed by atoms with Crippen molar-refractivity contribution in [1.82, 2.24) is 0 Å². The first-order valence-corrected chi connectivity index (χ1v) is 13.3. The lowest BCUT2D eigenvalue weighted by atomic mass is 9.72. The van der Waals surface area contributed by atoms with Crippen LogP contribution in [0.1, 0.15) is 89.1 Å². The van der Waals surface area contributed by atoms with Crippen LogP contribution in [0.15, 0.2) is 18.2 Å². The largest absolute Gasteiger partial charge is 0.507 e. The third-order valence-corrected chi connectivity index (χ3v) is 8.04. The van der Waals surface area contributed by atoms with Crippen molar-refractivity contribution < 1.29 is 49.0 Å². The number of ether oxygens (including phenoxy) is 3. The van der Waals surface area contributed by atoms with E-state index in [0.717, 1.165) is 0 Å². The molecule has 2 aromatic rings. The molecule has 0 radical (unpaired) electrons. The predicted octanol–water partition coefficient (Wildman–Crippen LogP) is 2.23. The Hall–Kier alpha value is -3.06. The quantitative estimate of drug-likeness (QED) is 0.265. The van der Waals surface area contributed by atoms with Crippen LogP contribution in [0.2, 0.25) is 0 Å². The Balaban J connectivity index is 0.00000387. The summed E-state index contributed by atoms with van der Waals surface area (Å²) >= 11 is 0. The van der Waals surface area contributed by atoms with Gasteiger partial charge in [0.1, 0.15) is 22.8 Å². The predicted molar refractivity (Wildman–Crippen MR) is 147 cm³/mol. The van der Waals surface area contributed by atoms with E-state index in [0.29, 0.717) is 13.0 Å². The number of ketones is 3. The van der Waals surface area contributed by atoms with Crippen molar-refractivity contribution in [3.05, 3.63) is 51.6 Å². The SMILES string of the molecule is CCCOc1cccc2c1C(=O)c1c(O)c3c(c(O)c1C2=O)C[C@@](O)(C(C)=O)C[C@@H]3OC1CC(N)C(O)C(C)O1.Cl. The Morgan fingerprint density at radius 3 is 2.46 bits per heavy atom. The van der Waals surface area contributed by atoms with Crippen molar-refractivity contribution in [3.8, 4) is 17.2 Å². The average molecular weight is 592 g/mol. The Labute approximate surface area is 242 Å². The van der Waals surface area contributed by atoms with Crippen LogP contribution in [-0.4, -0.2) is 74.5 Å². The monoisotopic (exact) mass is 591 g/mol. The molecule has 0 aromatic heterocycles. The van der Waals surface area contributed by atoms with Crippen molar-refractivity contribution in [1.29, 1.82) is 0 Å². The summed E-state index contributed by atoms with van der Waals surface area (Å²) in [7, 11) is 0. The fraction of sp³-hybridized carbons (Fsp3) is 0.483. The van der Waals surface area contributed by atoms with E-state index in [4.69, 9.17) is 19.9 Å². The van der Waals surface area contributed by atoms with E-state index >= 15 is 0 Å². The molecule has 0 amide bonds. The van der Waals surface area contributed by atoms with Gasteiger partial charge in [-0.1, -0.05) is 19.1 Å². The summed E-state index contributed by atoms with van der Waals surface area (Å²) in [5.74, 6) is -3.08. The van der Waals surface area contributed by atoms with Crippen LogP contribution in [0.3, 0.4) is 0 Å². The van der Waals surface area contributed by atoms with E-state index in [1.165, 1.54) is 13.0 Å². The number of carbonyl (C=O) groups excluding carboxylic acids is 3. The van der Waals surface area contributed by atoms with E-state index in [1.54, 1.807) is 19.1 Å². The molecule has 4 unspecified atom stereocenters. The van der Waals surface area contributed by atoms with Crippen LogP contribution in [0.4, 0.5) is 0 Å². The number of Topliss-reactive ketones (excluding diaryl/α,β-unsaturated/α-hetero) is 1. The van der Waals surface area contributed by atoms with Gasteiger partial charge in [0.25, 0.3) is 0 Å². The second-order valence-electron chi connectivity index (χ2n) is 10.8. The molecule has 0 bridgehead atoms. The Kier molecular flexibility index (Phi) is 8.52. The molecule has 41 heavy (non-hydrogen) atoms. The summed E-state index contributed by atoms with van der Waals surface area (Å²) in [6.07, 6.45) is -3.88. The number of phenols is 2. The van der Waals surface area contributed by atoms with E-state index in [2.05, 4.69) is 0 Å². The summed E-state index contributed by atoms with van der Waals surface area (Å²) in [5, 5.41) is 44.4.